The number of nitrogens with one attached hydrogen (secondary N) is 1. The van der Waals surface area contributed by atoms with E-state index in [2.05, 4.69) is 46.3 Å². The molecule has 1 N–H and O–H groups in total. The molecule has 2 aliphatic rings. The summed E-state index contributed by atoms with van der Waals surface area (Å²) in [6.07, 6.45) is 9.56. The summed E-state index contributed by atoms with van der Waals surface area (Å²) in [6.45, 7) is 2.80. The molecule has 0 radical (unpaired) electrons. The van der Waals surface area contributed by atoms with Crippen LogP contribution >= 0.6 is 0 Å². The normalized spacial score (nSPS) is 19.8. The van der Waals surface area contributed by atoms with E-state index in [9.17, 15) is 8.42 Å². The van der Waals surface area contributed by atoms with Crippen LogP contribution in [0.3, 0.4) is 0 Å². The van der Waals surface area contributed by atoms with Crippen LogP contribution in [0.4, 0.5) is 0 Å². The molecule has 0 spiro atoms. The number of H-pyrrole nitrogens is 1. The highest BCUT2D eigenvalue weighted by Crippen LogP contribution is 2.35. The average molecular weight is 506 g/mol. The van der Waals surface area contributed by atoms with Gasteiger partial charge in [0, 0.05) is 42.6 Å². The number of rotatable bonds is 7. The smallest absolute Gasteiger partial charge is 0.243 e. The van der Waals surface area contributed by atoms with Crippen molar-refractivity contribution < 1.29 is 13.2 Å². The average Bonchev–Trinajstić information content (AvgIpc) is 3.26. The molecule has 2 aliphatic heterocycles. The predicted molar refractivity (Wildman–Crippen MR) is 143 cm³/mol. The monoisotopic (exact) mass is 505 g/mol. The third-order valence-corrected chi connectivity index (χ3v) is 9.15. The van der Waals surface area contributed by atoms with E-state index in [1.165, 1.54) is 29.1 Å². The SMILES string of the molecule is COc1ccc(S(=O)(=O)N2CC=CCC2)cc1-c1ccc(CN2CCCCC[C@@H]2c2ccccc2)[nH]1. The fourth-order valence-electron chi connectivity index (χ4n) is 5.36. The summed E-state index contributed by atoms with van der Waals surface area (Å²) in [5.41, 5.74) is 4.11. The van der Waals surface area contributed by atoms with Crippen LogP contribution in [0.15, 0.2) is 77.7 Å². The van der Waals surface area contributed by atoms with E-state index < -0.39 is 10.0 Å². The van der Waals surface area contributed by atoms with Gasteiger partial charge < -0.3 is 9.72 Å². The molecule has 0 aliphatic carbocycles. The molecule has 3 heterocycles. The van der Waals surface area contributed by atoms with Crippen molar-refractivity contribution >= 4 is 10.0 Å². The third-order valence-electron chi connectivity index (χ3n) is 7.29. The summed E-state index contributed by atoms with van der Waals surface area (Å²) in [5.74, 6) is 0.651. The zero-order valence-electron chi connectivity index (χ0n) is 20.9. The standard InChI is InChI=1S/C29H35N3O3S/c1-35-29-17-15-25(36(33,34)32-19-9-4-10-20-32)21-26(29)27-16-14-24(30-27)22-31-18-8-3-7-13-28(31)23-11-5-2-6-12-23/h2,4-6,9,11-12,14-17,21,28,30H,3,7-8,10,13,18-20,22H2,1H3/t28-/m1/s1. The van der Waals surface area contributed by atoms with E-state index in [-0.39, 0.29) is 0 Å². The van der Waals surface area contributed by atoms with Gasteiger partial charge in [0.1, 0.15) is 5.75 Å². The molecule has 3 aromatic rings. The number of likely N-dealkylation sites (tertiary alicyclic amines) is 1. The van der Waals surface area contributed by atoms with Gasteiger partial charge in [0.15, 0.2) is 0 Å². The highest BCUT2D eigenvalue weighted by Gasteiger charge is 2.26. The Bertz CT molecular complexity index is 1300. The Labute approximate surface area is 214 Å². The van der Waals surface area contributed by atoms with Crippen LogP contribution in [-0.2, 0) is 16.6 Å². The molecule has 1 saturated heterocycles. The second kappa shape index (κ2) is 11.0. The maximum Gasteiger partial charge on any atom is 0.243 e. The summed E-state index contributed by atoms with van der Waals surface area (Å²) >= 11 is 0. The molecule has 7 heteroatoms. The lowest BCUT2D eigenvalue weighted by atomic mass is 10.0. The Morgan fingerprint density at radius 1 is 0.972 bits per heavy atom. The van der Waals surface area contributed by atoms with Crippen LogP contribution in [-0.4, -0.2) is 49.4 Å². The van der Waals surface area contributed by atoms with Crippen molar-refractivity contribution in [3.63, 3.8) is 0 Å². The number of hydrogen-bond donors (Lipinski definition) is 1. The second-order valence-electron chi connectivity index (χ2n) is 9.63. The van der Waals surface area contributed by atoms with Gasteiger partial charge in [0.25, 0.3) is 0 Å². The van der Waals surface area contributed by atoms with Gasteiger partial charge in [-0.2, -0.15) is 4.31 Å². The first-order chi connectivity index (χ1) is 17.6. The molecule has 5 rings (SSSR count). The van der Waals surface area contributed by atoms with Crippen molar-refractivity contribution in [3.8, 4) is 17.0 Å². The molecule has 190 valence electrons. The van der Waals surface area contributed by atoms with E-state index in [4.69, 9.17) is 4.74 Å². The molecule has 0 saturated carbocycles. The summed E-state index contributed by atoms with van der Waals surface area (Å²) in [6, 6.07) is 20.5. The Morgan fingerprint density at radius 3 is 2.61 bits per heavy atom. The minimum Gasteiger partial charge on any atom is -0.496 e. The van der Waals surface area contributed by atoms with Crippen molar-refractivity contribution in [2.45, 2.75) is 49.6 Å². The van der Waals surface area contributed by atoms with Gasteiger partial charge >= 0.3 is 0 Å². The first-order valence-electron chi connectivity index (χ1n) is 12.9. The summed E-state index contributed by atoms with van der Waals surface area (Å²) in [4.78, 5) is 6.42. The van der Waals surface area contributed by atoms with Crippen LogP contribution in [0.2, 0.25) is 0 Å². The van der Waals surface area contributed by atoms with E-state index in [0.717, 1.165) is 42.9 Å². The van der Waals surface area contributed by atoms with Crippen LogP contribution in [0.5, 0.6) is 5.75 Å². The predicted octanol–water partition coefficient (Wildman–Crippen LogP) is 5.76. The highest BCUT2D eigenvalue weighted by atomic mass is 32.2. The molecular weight excluding hydrogens is 470 g/mol. The fourth-order valence-corrected chi connectivity index (χ4v) is 6.80. The lowest BCUT2D eigenvalue weighted by molar-refractivity contribution is 0.190. The fraction of sp³-hybridized carbons (Fsp3) is 0.379. The molecule has 1 fully saturated rings. The summed E-state index contributed by atoms with van der Waals surface area (Å²) < 4.78 is 33.7. The number of ether oxygens (including phenoxy) is 1. The highest BCUT2D eigenvalue weighted by molar-refractivity contribution is 7.89. The molecule has 36 heavy (non-hydrogen) atoms. The maximum absolute atomic E-state index is 13.3. The van der Waals surface area contributed by atoms with Crippen molar-refractivity contribution in [1.82, 2.24) is 14.2 Å². The Hall–Kier alpha value is -2.87. The van der Waals surface area contributed by atoms with E-state index in [1.807, 2.05) is 18.2 Å². The molecule has 0 amide bonds. The first kappa shape index (κ1) is 24.8. The van der Waals surface area contributed by atoms with Crippen LogP contribution in [0, 0.1) is 0 Å². The minimum absolute atomic E-state index is 0.293. The van der Waals surface area contributed by atoms with E-state index in [0.29, 0.717) is 29.8 Å². The van der Waals surface area contributed by atoms with E-state index in [1.54, 1.807) is 25.3 Å². The number of sulfonamides is 1. The van der Waals surface area contributed by atoms with Gasteiger partial charge in [-0.05, 0) is 61.7 Å². The first-order valence-corrected chi connectivity index (χ1v) is 14.3. The Balaban J connectivity index is 1.41. The number of hydrogen-bond acceptors (Lipinski definition) is 4. The van der Waals surface area contributed by atoms with Crippen LogP contribution < -0.4 is 4.74 Å². The summed E-state index contributed by atoms with van der Waals surface area (Å²) in [5, 5.41) is 0. The number of benzene rings is 2. The number of nitrogens with zero attached hydrogens (tertiary/aromatic N) is 2. The maximum atomic E-state index is 13.3. The van der Waals surface area contributed by atoms with Crippen molar-refractivity contribution in [1.29, 1.82) is 0 Å². The molecule has 6 nitrogen and oxygen atoms in total. The van der Waals surface area contributed by atoms with Gasteiger partial charge in [-0.1, -0.05) is 55.3 Å². The van der Waals surface area contributed by atoms with Gasteiger partial charge in [-0.25, -0.2) is 8.42 Å². The Kier molecular flexibility index (Phi) is 7.60. The van der Waals surface area contributed by atoms with Gasteiger partial charge in [-0.3, -0.25) is 4.90 Å². The zero-order chi connectivity index (χ0) is 25.0. The molecule has 0 unspecified atom stereocenters. The van der Waals surface area contributed by atoms with Crippen molar-refractivity contribution in [3.05, 3.63) is 84.1 Å². The van der Waals surface area contributed by atoms with Crippen LogP contribution in [0.25, 0.3) is 11.3 Å². The van der Waals surface area contributed by atoms with Crippen molar-refractivity contribution in [2.75, 3.05) is 26.7 Å². The minimum atomic E-state index is -3.57. The third kappa shape index (κ3) is 5.28. The Morgan fingerprint density at radius 2 is 1.83 bits per heavy atom. The van der Waals surface area contributed by atoms with Gasteiger partial charge in [0.2, 0.25) is 10.0 Å². The number of aromatic amines is 1. The van der Waals surface area contributed by atoms with Crippen molar-refractivity contribution in [2.24, 2.45) is 0 Å². The molecule has 0 bridgehead atoms. The zero-order valence-corrected chi connectivity index (χ0v) is 21.7. The lowest BCUT2D eigenvalue weighted by Gasteiger charge is -2.30. The molecular formula is C29H35N3O3S. The largest absolute Gasteiger partial charge is 0.496 e. The van der Waals surface area contributed by atoms with Crippen LogP contribution in [0.1, 0.15) is 49.4 Å². The van der Waals surface area contributed by atoms with Gasteiger partial charge in [-0.15, -0.1) is 0 Å². The number of aromatic nitrogens is 1. The quantitative estimate of drug-likeness (QED) is 0.415. The number of methoxy groups -OCH3 is 1. The topological polar surface area (TPSA) is 65.6 Å². The molecule has 2 aromatic carbocycles. The van der Waals surface area contributed by atoms with E-state index >= 15 is 0 Å². The van der Waals surface area contributed by atoms with Gasteiger partial charge in [0.05, 0.1) is 12.0 Å². The second-order valence-corrected chi connectivity index (χ2v) is 11.6. The summed E-state index contributed by atoms with van der Waals surface area (Å²) in [7, 11) is -1.95. The molecule has 1 atom stereocenters. The molecule has 1 aromatic heterocycles. The lowest BCUT2D eigenvalue weighted by Crippen LogP contribution is -2.33.